The number of nitrogens with zero attached hydrogens (tertiary/aromatic N) is 3. The van der Waals surface area contributed by atoms with E-state index in [4.69, 9.17) is 0 Å². The molecule has 2 rings (SSSR count). The molecule has 26 heavy (non-hydrogen) atoms. The molecule has 0 unspecified atom stereocenters. The van der Waals surface area contributed by atoms with Crippen LogP contribution in [0, 0.1) is 6.92 Å². The number of benzene rings is 1. The van der Waals surface area contributed by atoms with Crippen molar-refractivity contribution >= 4 is 23.2 Å². The summed E-state index contributed by atoms with van der Waals surface area (Å²) >= 11 is 0. The zero-order valence-corrected chi connectivity index (χ0v) is 16.2. The standard InChI is InChI=1S/C20H29N5O/c1-5-8-11-21-20-22-13-16(14-23-20)19(26)24-18-10-9-17(12-15(18)4)25(6-2)7-3/h9-10,12-14H,5-8,11H2,1-4H3,(H,24,26)(H,21,22,23). The van der Waals surface area contributed by atoms with Crippen LogP contribution in [0.15, 0.2) is 30.6 Å². The number of carbonyl (C=O) groups is 1. The minimum absolute atomic E-state index is 0.205. The van der Waals surface area contributed by atoms with Gasteiger partial charge in [-0.3, -0.25) is 4.79 Å². The van der Waals surface area contributed by atoms with Gasteiger partial charge in [-0.25, -0.2) is 9.97 Å². The van der Waals surface area contributed by atoms with E-state index in [1.807, 2.05) is 19.1 Å². The van der Waals surface area contributed by atoms with Crippen molar-refractivity contribution in [2.45, 2.75) is 40.5 Å². The normalized spacial score (nSPS) is 10.5. The Morgan fingerprint density at radius 2 is 1.81 bits per heavy atom. The Hall–Kier alpha value is -2.63. The number of hydrogen-bond donors (Lipinski definition) is 2. The summed E-state index contributed by atoms with van der Waals surface area (Å²) in [6, 6.07) is 6.08. The van der Waals surface area contributed by atoms with Gasteiger partial charge in [0, 0.05) is 43.4 Å². The van der Waals surface area contributed by atoms with Gasteiger partial charge >= 0.3 is 0 Å². The Labute approximate surface area is 156 Å². The van der Waals surface area contributed by atoms with Gasteiger partial charge in [0.05, 0.1) is 5.56 Å². The number of rotatable bonds is 9. The average Bonchev–Trinajstić information content (AvgIpc) is 2.65. The van der Waals surface area contributed by atoms with Crippen molar-refractivity contribution in [2.75, 3.05) is 35.2 Å². The molecule has 6 heteroatoms. The van der Waals surface area contributed by atoms with Crippen molar-refractivity contribution in [1.82, 2.24) is 9.97 Å². The smallest absolute Gasteiger partial charge is 0.258 e. The molecule has 0 atom stereocenters. The van der Waals surface area contributed by atoms with Gasteiger partial charge in [0.15, 0.2) is 0 Å². The van der Waals surface area contributed by atoms with E-state index >= 15 is 0 Å². The van der Waals surface area contributed by atoms with E-state index in [0.717, 1.165) is 49.4 Å². The van der Waals surface area contributed by atoms with Gasteiger partial charge in [0.25, 0.3) is 5.91 Å². The maximum Gasteiger partial charge on any atom is 0.258 e. The topological polar surface area (TPSA) is 70.2 Å². The molecule has 1 aromatic heterocycles. The lowest BCUT2D eigenvalue weighted by Gasteiger charge is -2.22. The molecule has 0 fully saturated rings. The average molecular weight is 355 g/mol. The predicted octanol–water partition coefficient (Wildman–Crippen LogP) is 4.10. The van der Waals surface area contributed by atoms with Gasteiger partial charge in [-0.05, 0) is 51.0 Å². The van der Waals surface area contributed by atoms with Gasteiger partial charge in [0.1, 0.15) is 0 Å². The van der Waals surface area contributed by atoms with Crippen LogP contribution in [0.2, 0.25) is 0 Å². The summed E-state index contributed by atoms with van der Waals surface area (Å²) in [6.45, 7) is 11.1. The third-order valence-electron chi connectivity index (χ3n) is 4.31. The fourth-order valence-electron chi connectivity index (χ4n) is 2.68. The molecule has 0 spiro atoms. The maximum absolute atomic E-state index is 12.4. The van der Waals surface area contributed by atoms with E-state index in [0.29, 0.717) is 11.5 Å². The molecule has 0 aliphatic rings. The highest BCUT2D eigenvalue weighted by Crippen LogP contribution is 2.23. The molecule has 0 saturated heterocycles. The Bertz CT molecular complexity index is 711. The molecule has 1 heterocycles. The molecule has 0 bridgehead atoms. The third-order valence-corrected chi connectivity index (χ3v) is 4.31. The molecule has 1 amide bonds. The first kappa shape index (κ1) is 19.7. The highest BCUT2D eigenvalue weighted by atomic mass is 16.1. The minimum Gasteiger partial charge on any atom is -0.372 e. The Kier molecular flexibility index (Phi) is 7.38. The molecule has 2 aromatic rings. The predicted molar refractivity (Wildman–Crippen MR) is 108 cm³/mol. The third kappa shape index (κ3) is 5.18. The van der Waals surface area contributed by atoms with Crippen LogP contribution in [0.4, 0.5) is 17.3 Å². The molecule has 1 aromatic carbocycles. The van der Waals surface area contributed by atoms with Gasteiger partial charge < -0.3 is 15.5 Å². The van der Waals surface area contributed by atoms with Crippen LogP contribution < -0.4 is 15.5 Å². The van der Waals surface area contributed by atoms with Crippen LogP contribution in [0.25, 0.3) is 0 Å². The maximum atomic E-state index is 12.4. The highest BCUT2D eigenvalue weighted by Gasteiger charge is 2.11. The monoisotopic (exact) mass is 355 g/mol. The van der Waals surface area contributed by atoms with Crippen molar-refractivity contribution in [3.8, 4) is 0 Å². The molecule has 6 nitrogen and oxygen atoms in total. The summed E-state index contributed by atoms with van der Waals surface area (Å²) in [5.41, 5.74) is 3.44. The number of aryl methyl sites for hydroxylation is 1. The van der Waals surface area contributed by atoms with Crippen LogP contribution in [0.3, 0.4) is 0 Å². The summed E-state index contributed by atoms with van der Waals surface area (Å²) in [5.74, 6) is 0.346. The Morgan fingerprint density at radius 3 is 2.38 bits per heavy atom. The van der Waals surface area contributed by atoms with E-state index in [1.54, 1.807) is 12.4 Å². The number of unbranched alkanes of at least 4 members (excludes halogenated alkanes) is 1. The van der Waals surface area contributed by atoms with Crippen LogP contribution in [-0.4, -0.2) is 35.5 Å². The first-order valence-corrected chi connectivity index (χ1v) is 9.31. The minimum atomic E-state index is -0.205. The fraction of sp³-hybridized carbons (Fsp3) is 0.450. The molecule has 0 radical (unpaired) electrons. The van der Waals surface area contributed by atoms with Crippen LogP contribution in [-0.2, 0) is 0 Å². The van der Waals surface area contributed by atoms with E-state index < -0.39 is 0 Å². The summed E-state index contributed by atoms with van der Waals surface area (Å²) < 4.78 is 0. The number of amides is 1. The first-order chi connectivity index (χ1) is 12.6. The molecule has 2 N–H and O–H groups in total. The fourth-order valence-corrected chi connectivity index (χ4v) is 2.68. The van der Waals surface area contributed by atoms with E-state index in [1.165, 1.54) is 0 Å². The molecular formula is C20H29N5O. The van der Waals surface area contributed by atoms with E-state index in [9.17, 15) is 4.79 Å². The number of nitrogens with one attached hydrogen (secondary N) is 2. The lowest BCUT2D eigenvalue weighted by Crippen LogP contribution is -2.22. The summed E-state index contributed by atoms with van der Waals surface area (Å²) in [5, 5.41) is 6.08. The second-order valence-electron chi connectivity index (χ2n) is 6.20. The second-order valence-corrected chi connectivity index (χ2v) is 6.20. The quantitative estimate of drug-likeness (QED) is 0.663. The van der Waals surface area contributed by atoms with Crippen LogP contribution in [0.1, 0.15) is 49.5 Å². The summed E-state index contributed by atoms with van der Waals surface area (Å²) in [7, 11) is 0. The van der Waals surface area contributed by atoms with Crippen molar-refractivity contribution in [1.29, 1.82) is 0 Å². The lowest BCUT2D eigenvalue weighted by atomic mass is 10.1. The van der Waals surface area contributed by atoms with E-state index in [-0.39, 0.29) is 5.91 Å². The van der Waals surface area contributed by atoms with Gasteiger partial charge in [0.2, 0.25) is 5.95 Å². The molecule has 0 aliphatic heterocycles. The number of anilines is 3. The molecule has 0 saturated carbocycles. The summed E-state index contributed by atoms with van der Waals surface area (Å²) in [4.78, 5) is 23.1. The second kappa shape index (κ2) is 9.75. The van der Waals surface area contributed by atoms with Gasteiger partial charge in [-0.2, -0.15) is 0 Å². The number of aromatic nitrogens is 2. The largest absolute Gasteiger partial charge is 0.372 e. The Morgan fingerprint density at radius 1 is 1.12 bits per heavy atom. The highest BCUT2D eigenvalue weighted by molar-refractivity contribution is 6.04. The number of carbonyl (C=O) groups excluding carboxylic acids is 1. The van der Waals surface area contributed by atoms with Crippen molar-refractivity contribution in [2.24, 2.45) is 0 Å². The SMILES string of the molecule is CCCCNc1ncc(C(=O)Nc2ccc(N(CC)CC)cc2C)cn1. The summed E-state index contributed by atoms with van der Waals surface area (Å²) in [6.07, 6.45) is 5.28. The number of hydrogen-bond acceptors (Lipinski definition) is 5. The molecule has 140 valence electrons. The molecule has 0 aliphatic carbocycles. The van der Waals surface area contributed by atoms with Crippen LogP contribution in [0.5, 0.6) is 0 Å². The van der Waals surface area contributed by atoms with Crippen molar-refractivity contribution < 1.29 is 4.79 Å². The lowest BCUT2D eigenvalue weighted by molar-refractivity contribution is 0.102. The molecular weight excluding hydrogens is 326 g/mol. The Balaban J connectivity index is 2.03. The van der Waals surface area contributed by atoms with Crippen molar-refractivity contribution in [3.63, 3.8) is 0 Å². The van der Waals surface area contributed by atoms with Crippen LogP contribution >= 0.6 is 0 Å². The van der Waals surface area contributed by atoms with Gasteiger partial charge in [-0.1, -0.05) is 13.3 Å². The van der Waals surface area contributed by atoms with Crippen molar-refractivity contribution in [3.05, 3.63) is 41.7 Å². The first-order valence-electron chi connectivity index (χ1n) is 9.31. The zero-order chi connectivity index (χ0) is 18.9. The zero-order valence-electron chi connectivity index (χ0n) is 16.2. The van der Waals surface area contributed by atoms with Gasteiger partial charge in [-0.15, -0.1) is 0 Å². The van der Waals surface area contributed by atoms with E-state index in [2.05, 4.69) is 52.3 Å².